The molecule has 3 aromatic rings. The summed E-state index contributed by atoms with van der Waals surface area (Å²) in [7, 11) is 0. The number of aliphatic hydroxyl groups excluding tert-OH is 2. The highest BCUT2D eigenvalue weighted by Gasteiger charge is 2.46. The van der Waals surface area contributed by atoms with E-state index in [-0.39, 0.29) is 24.9 Å². The van der Waals surface area contributed by atoms with E-state index in [9.17, 15) is 15.5 Å². The monoisotopic (exact) mass is 440 g/mol. The van der Waals surface area contributed by atoms with E-state index >= 15 is 0 Å². The molecule has 2 atom stereocenters. The second-order valence-electron chi connectivity index (χ2n) is 7.83. The Morgan fingerprint density at radius 1 is 1.23 bits per heavy atom. The minimum absolute atomic E-state index is 0.155. The Labute approximate surface area is 184 Å². The lowest BCUT2D eigenvalue weighted by Crippen LogP contribution is -2.53. The molecule has 0 bridgehead atoms. The number of hydrogen-bond donors (Lipinski definition) is 2. The fourth-order valence-corrected chi connectivity index (χ4v) is 3.85. The molecule has 160 valence electrons. The van der Waals surface area contributed by atoms with E-state index in [2.05, 4.69) is 16.2 Å². The Morgan fingerprint density at radius 2 is 1.97 bits per heavy atom. The second kappa shape index (κ2) is 8.19. The number of aliphatic hydroxyl groups is 2. The molecule has 1 aliphatic heterocycles. The average Bonchev–Trinajstić information content (AvgIpc) is 3.21. The predicted octanol–water partition coefficient (Wildman–Crippen LogP) is 3.37. The Hall–Kier alpha value is -3.12. The van der Waals surface area contributed by atoms with Crippen LogP contribution in [0.4, 0.5) is 5.69 Å². The molecule has 1 aromatic heterocycles. The highest BCUT2D eigenvalue weighted by atomic mass is 35.5. The topological polar surface area (TPSA) is 116 Å². The lowest BCUT2D eigenvalue weighted by molar-refractivity contribution is -0.0592. The van der Waals surface area contributed by atoms with E-state index in [0.717, 1.165) is 5.69 Å². The van der Waals surface area contributed by atoms with Crippen LogP contribution >= 0.6 is 11.6 Å². The van der Waals surface area contributed by atoms with Crippen LogP contribution in [0.1, 0.15) is 42.7 Å². The molecule has 1 unspecified atom stereocenters. The van der Waals surface area contributed by atoms with Crippen molar-refractivity contribution in [3.8, 4) is 11.8 Å². The van der Waals surface area contributed by atoms with Gasteiger partial charge in [0.15, 0.2) is 5.82 Å². The van der Waals surface area contributed by atoms with Crippen LogP contribution in [0.3, 0.4) is 0 Å². The summed E-state index contributed by atoms with van der Waals surface area (Å²) in [6.45, 7) is 3.43. The van der Waals surface area contributed by atoms with Crippen LogP contribution in [0.25, 0.3) is 0 Å². The van der Waals surface area contributed by atoms with Crippen molar-refractivity contribution < 1.29 is 19.5 Å². The van der Waals surface area contributed by atoms with Crippen LogP contribution in [-0.4, -0.2) is 32.1 Å². The van der Waals surface area contributed by atoms with Crippen molar-refractivity contribution in [2.24, 2.45) is 0 Å². The number of anilines is 1. The van der Waals surface area contributed by atoms with Gasteiger partial charge in [-0.15, -0.1) is 0 Å². The molecule has 9 heteroatoms. The zero-order chi connectivity index (χ0) is 22.2. The Bertz CT molecular complexity index is 1120. The first kappa shape index (κ1) is 21.1. The highest BCUT2D eigenvalue weighted by Crippen LogP contribution is 2.45. The molecule has 1 aliphatic rings. The van der Waals surface area contributed by atoms with E-state index in [1.165, 1.54) is 0 Å². The number of hydrogen-bond acceptors (Lipinski definition) is 8. The summed E-state index contributed by atoms with van der Waals surface area (Å²) in [5.74, 6) is 1.03. The Balaban J connectivity index is 1.86. The summed E-state index contributed by atoms with van der Waals surface area (Å²) in [6, 6.07) is 13.8. The summed E-state index contributed by atoms with van der Waals surface area (Å²) in [4.78, 5) is 6.10. The second-order valence-corrected chi connectivity index (χ2v) is 8.26. The average molecular weight is 441 g/mol. The molecule has 4 rings (SSSR count). The number of fused-ring (bicyclic) bond motifs is 1. The molecule has 2 N–H and O–H groups in total. The zero-order valence-corrected chi connectivity index (χ0v) is 17.7. The lowest BCUT2D eigenvalue weighted by Gasteiger charge is -2.46. The quantitative estimate of drug-likeness (QED) is 0.620. The van der Waals surface area contributed by atoms with Gasteiger partial charge in [-0.2, -0.15) is 10.2 Å². The van der Waals surface area contributed by atoms with Crippen LogP contribution in [0.2, 0.25) is 5.02 Å². The number of benzene rings is 2. The first-order chi connectivity index (χ1) is 14.8. The van der Waals surface area contributed by atoms with Crippen LogP contribution in [0.5, 0.6) is 5.75 Å². The molecular formula is C22H21ClN4O4. The summed E-state index contributed by atoms with van der Waals surface area (Å²) in [5.41, 5.74) is 0.975. The first-order valence-corrected chi connectivity index (χ1v) is 10.1. The molecule has 0 fully saturated rings. The number of halogens is 1. The molecule has 0 radical (unpaired) electrons. The summed E-state index contributed by atoms with van der Waals surface area (Å²) in [6.07, 6.45) is -0.954. The van der Waals surface area contributed by atoms with E-state index < -0.39 is 17.7 Å². The van der Waals surface area contributed by atoms with Crippen LogP contribution in [-0.2, 0) is 13.2 Å². The molecule has 0 saturated heterocycles. The molecular weight excluding hydrogens is 420 g/mol. The van der Waals surface area contributed by atoms with Gasteiger partial charge in [-0.1, -0.05) is 16.8 Å². The molecule has 2 heterocycles. The van der Waals surface area contributed by atoms with Crippen molar-refractivity contribution in [1.82, 2.24) is 10.1 Å². The van der Waals surface area contributed by atoms with Crippen molar-refractivity contribution in [3.63, 3.8) is 0 Å². The van der Waals surface area contributed by atoms with Gasteiger partial charge in [-0.3, -0.25) is 0 Å². The van der Waals surface area contributed by atoms with Crippen molar-refractivity contribution in [2.45, 2.75) is 44.7 Å². The van der Waals surface area contributed by atoms with Gasteiger partial charge in [0.1, 0.15) is 24.1 Å². The van der Waals surface area contributed by atoms with Gasteiger partial charge in [0.05, 0.1) is 24.2 Å². The lowest BCUT2D eigenvalue weighted by atomic mass is 9.84. The number of nitriles is 1. The van der Waals surface area contributed by atoms with Crippen LogP contribution in [0.15, 0.2) is 47.0 Å². The fraction of sp³-hybridized carbons (Fsp3) is 0.318. The van der Waals surface area contributed by atoms with Crippen molar-refractivity contribution >= 4 is 17.3 Å². The predicted molar refractivity (Wildman–Crippen MR) is 112 cm³/mol. The summed E-state index contributed by atoms with van der Waals surface area (Å²) < 4.78 is 11.3. The largest absolute Gasteiger partial charge is 0.485 e. The molecule has 0 amide bonds. The number of rotatable bonds is 5. The van der Waals surface area contributed by atoms with E-state index in [1.807, 2.05) is 30.9 Å². The zero-order valence-electron chi connectivity index (χ0n) is 17.0. The molecule has 2 aromatic carbocycles. The highest BCUT2D eigenvalue weighted by molar-refractivity contribution is 6.30. The van der Waals surface area contributed by atoms with Gasteiger partial charge in [0.2, 0.25) is 5.89 Å². The third kappa shape index (κ3) is 4.08. The third-order valence-corrected chi connectivity index (χ3v) is 5.55. The van der Waals surface area contributed by atoms with Crippen molar-refractivity contribution in [3.05, 3.63) is 70.3 Å². The molecule has 0 saturated carbocycles. The molecule has 0 aliphatic carbocycles. The maximum absolute atomic E-state index is 11.3. The molecule has 8 nitrogen and oxygen atoms in total. The third-order valence-electron chi connectivity index (χ3n) is 5.29. The standard InChI is InChI=1S/C22H21ClN4O4/c1-22(2)21(29)20(16-9-13(10-24)3-8-17(16)30-22)27(15-6-4-14(23)5-7-15)11-19-25-18(12-28)26-31-19/h3-9,20-21,28-29H,11-12H2,1-2H3/t20?,21-/m1/s1. The molecule has 0 spiro atoms. The number of ether oxygens (including phenoxy) is 1. The number of nitrogens with zero attached hydrogens (tertiary/aromatic N) is 4. The van der Waals surface area contributed by atoms with E-state index in [4.69, 9.17) is 20.9 Å². The van der Waals surface area contributed by atoms with Gasteiger partial charge in [0, 0.05) is 16.3 Å². The number of aromatic nitrogens is 2. The SMILES string of the molecule is CC1(C)Oc2ccc(C#N)cc2C(N(Cc2nc(CO)no2)c2ccc(Cl)cc2)[C@H]1O. The van der Waals surface area contributed by atoms with Crippen LogP contribution in [0, 0.1) is 11.3 Å². The minimum Gasteiger partial charge on any atom is -0.485 e. The summed E-state index contributed by atoms with van der Waals surface area (Å²) in [5, 5.41) is 34.3. The Morgan fingerprint density at radius 3 is 2.61 bits per heavy atom. The van der Waals surface area contributed by atoms with Crippen molar-refractivity contribution in [2.75, 3.05) is 4.90 Å². The molecule has 31 heavy (non-hydrogen) atoms. The van der Waals surface area contributed by atoms with Gasteiger partial charge in [0.25, 0.3) is 0 Å². The van der Waals surface area contributed by atoms with Gasteiger partial charge < -0.3 is 24.4 Å². The van der Waals surface area contributed by atoms with Gasteiger partial charge in [-0.25, -0.2) is 0 Å². The maximum Gasteiger partial charge on any atom is 0.246 e. The maximum atomic E-state index is 11.3. The van der Waals surface area contributed by atoms with E-state index in [1.54, 1.807) is 30.3 Å². The van der Waals surface area contributed by atoms with Gasteiger partial charge in [-0.05, 0) is 56.3 Å². The first-order valence-electron chi connectivity index (χ1n) is 9.68. The van der Waals surface area contributed by atoms with E-state index in [0.29, 0.717) is 21.9 Å². The van der Waals surface area contributed by atoms with Crippen molar-refractivity contribution in [1.29, 1.82) is 5.26 Å². The van der Waals surface area contributed by atoms with Crippen LogP contribution < -0.4 is 9.64 Å². The Kier molecular flexibility index (Phi) is 5.58. The van der Waals surface area contributed by atoms with Gasteiger partial charge >= 0.3 is 0 Å². The fourth-order valence-electron chi connectivity index (χ4n) is 3.72. The summed E-state index contributed by atoms with van der Waals surface area (Å²) >= 11 is 6.09. The minimum atomic E-state index is -0.954. The smallest absolute Gasteiger partial charge is 0.246 e. The normalized spacial score (nSPS) is 19.2.